The molecule has 0 unspecified atom stereocenters. The van der Waals surface area contributed by atoms with E-state index in [-0.39, 0.29) is 0 Å². The van der Waals surface area contributed by atoms with Gasteiger partial charge >= 0.3 is 6.09 Å². The number of morpholine rings is 1. The van der Waals surface area contributed by atoms with Crippen molar-refractivity contribution in [3.05, 3.63) is 52.2 Å². The van der Waals surface area contributed by atoms with Crippen LogP contribution in [-0.2, 0) is 24.1 Å². The van der Waals surface area contributed by atoms with Gasteiger partial charge in [-0.15, -0.1) is 0 Å². The fourth-order valence-electron chi connectivity index (χ4n) is 3.11. The first-order valence-corrected chi connectivity index (χ1v) is 10.0. The Bertz CT molecular complexity index is 780. The Morgan fingerprint density at radius 3 is 2.57 bits per heavy atom. The zero-order valence-corrected chi connectivity index (χ0v) is 17.1. The summed E-state index contributed by atoms with van der Waals surface area (Å²) in [6.07, 6.45) is 0.956. The minimum Gasteiger partial charge on any atom is -0.408 e. The first-order chi connectivity index (χ1) is 13.6. The number of ether oxygens (including phenoxy) is 2. The third-order valence-corrected chi connectivity index (χ3v) is 4.95. The molecule has 6 nitrogen and oxygen atoms in total. The number of carbonyl (C=O) groups excluding carboxylic acids is 1. The van der Waals surface area contributed by atoms with Gasteiger partial charge in [-0.05, 0) is 36.6 Å². The fourth-order valence-corrected chi connectivity index (χ4v) is 3.24. The summed E-state index contributed by atoms with van der Waals surface area (Å²) < 4.78 is 11.1. The maximum absolute atomic E-state index is 12.4. The van der Waals surface area contributed by atoms with Crippen molar-refractivity contribution in [2.45, 2.75) is 33.2 Å². The number of halogens is 1. The van der Waals surface area contributed by atoms with Gasteiger partial charge in [0, 0.05) is 30.2 Å². The average molecular weight is 404 g/mol. The number of benzene rings is 1. The van der Waals surface area contributed by atoms with E-state index in [2.05, 4.69) is 17.1 Å². The Balaban J connectivity index is 1.72. The molecule has 1 aliphatic heterocycles. The van der Waals surface area contributed by atoms with Gasteiger partial charge < -0.3 is 19.7 Å². The lowest BCUT2D eigenvalue weighted by atomic mass is 10.1. The largest absolute Gasteiger partial charge is 0.412 e. The number of amides is 1. The number of rotatable bonds is 6. The van der Waals surface area contributed by atoms with Gasteiger partial charge in [-0.3, -0.25) is 0 Å². The predicted octanol–water partition coefficient (Wildman–Crippen LogP) is 3.99. The molecule has 1 aromatic carbocycles. The van der Waals surface area contributed by atoms with Crippen LogP contribution in [0.2, 0.25) is 5.02 Å². The molecular weight excluding hydrogens is 378 g/mol. The average Bonchev–Trinajstić information content (AvgIpc) is 2.74. The predicted molar refractivity (Wildman–Crippen MR) is 110 cm³/mol. The molecule has 1 saturated heterocycles. The van der Waals surface area contributed by atoms with Crippen LogP contribution in [-0.4, -0.2) is 37.4 Å². The van der Waals surface area contributed by atoms with Crippen LogP contribution in [0.3, 0.4) is 0 Å². The zero-order valence-electron chi connectivity index (χ0n) is 16.3. The standard InChI is InChI=1S/C21H26ClN3O3/c1-3-16-13-19(25-9-11-27-12-10-25)24-18(4-2)20(16)28-21(26)23-14-15-5-7-17(22)8-6-15/h5-8,13H,3-4,9-12,14H2,1-2H3,(H,23,26). The molecule has 0 bridgehead atoms. The van der Waals surface area contributed by atoms with E-state index in [9.17, 15) is 4.79 Å². The van der Waals surface area contributed by atoms with Crippen LogP contribution in [0.25, 0.3) is 0 Å². The SMILES string of the molecule is CCc1cc(N2CCOCC2)nc(CC)c1OC(=O)NCc1ccc(Cl)cc1. The summed E-state index contributed by atoms with van der Waals surface area (Å²) in [5.74, 6) is 1.49. The summed E-state index contributed by atoms with van der Waals surface area (Å²) in [5.41, 5.74) is 2.73. The van der Waals surface area contributed by atoms with E-state index in [4.69, 9.17) is 26.1 Å². The first-order valence-electron chi connectivity index (χ1n) is 9.66. The van der Waals surface area contributed by atoms with Gasteiger partial charge in [0.05, 0.1) is 18.9 Å². The maximum Gasteiger partial charge on any atom is 0.412 e. The van der Waals surface area contributed by atoms with E-state index >= 15 is 0 Å². The van der Waals surface area contributed by atoms with E-state index in [1.165, 1.54) is 0 Å². The molecule has 0 spiro atoms. The van der Waals surface area contributed by atoms with Gasteiger partial charge in [-0.2, -0.15) is 0 Å². The number of aromatic nitrogens is 1. The summed E-state index contributed by atoms with van der Waals surface area (Å²) in [4.78, 5) is 19.3. The Morgan fingerprint density at radius 1 is 1.21 bits per heavy atom. The lowest BCUT2D eigenvalue weighted by molar-refractivity contribution is 0.122. The number of nitrogens with one attached hydrogen (secondary N) is 1. The summed E-state index contributed by atoms with van der Waals surface area (Å²) in [7, 11) is 0. The topological polar surface area (TPSA) is 63.7 Å². The minimum atomic E-state index is -0.486. The molecule has 28 heavy (non-hydrogen) atoms. The molecule has 150 valence electrons. The van der Waals surface area contributed by atoms with Crippen LogP contribution < -0.4 is 15.0 Å². The van der Waals surface area contributed by atoms with Crippen molar-refractivity contribution in [2.24, 2.45) is 0 Å². The van der Waals surface area contributed by atoms with Gasteiger partial charge in [0.2, 0.25) is 0 Å². The fraction of sp³-hybridized carbons (Fsp3) is 0.429. The normalized spacial score (nSPS) is 14.0. The summed E-state index contributed by atoms with van der Waals surface area (Å²) in [6, 6.07) is 9.35. The van der Waals surface area contributed by atoms with E-state index in [0.717, 1.165) is 42.1 Å². The molecule has 1 N–H and O–H groups in total. The number of aryl methyl sites for hydroxylation is 2. The van der Waals surface area contributed by atoms with E-state index in [0.29, 0.717) is 37.0 Å². The van der Waals surface area contributed by atoms with E-state index in [1.807, 2.05) is 25.1 Å². The molecule has 1 fully saturated rings. The highest BCUT2D eigenvalue weighted by molar-refractivity contribution is 6.30. The number of anilines is 1. The highest BCUT2D eigenvalue weighted by Crippen LogP contribution is 2.29. The van der Waals surface area contributed by atoms with Crippen LogP contribution in [0.5, 0.6) is 5.75 Å². The van der Waals surface area contributed by atoms with Crippen molar-refractivity contribution in [1.82, 2.24) is 10.3 Å². The van der Waals surface area contributed by atoms with E-state index in [1.54, 1.807) is 12.1 Å². The van der Waals surface area contributed by atoms with Crippen LogP contribution in [0.1, 0.15) is 30.7 Å². The molecule has 7 heteroatoms. The second-order valence-corrected chi connectivity index (χ2v) is 7.03. The van der Waals surface area contributed by atoms with Crippen molar-refractivity contribution in [2.75, 3.05) is 31.2 Å². The molecule has 0 radical (unpaired) electrons. The molecule has 2 heterocycles. The number of hydrogen-bond donors (Lipinski definition) is 1. The quantitative estimate of drug-likeness (QED) is 0.790. The highest BCUT2D eigenvalue weighted by Gasteiger charge is 2.19. The Kier molecular flexibility index (Phi) is 7.12. The van der Waals surface area contributed by atoms with Crippen LogP contribution in [0.15, 0.2) is 30.3 Å². The first kappa shape index (κ1) is 20.4. The lowest BCUT2D eigenvalue weighted by Gasteiger charge is -2.29. The molecule has 0 aliphatic carbocycles. The van der Waals surface area contributed by atoms with Crippen LogP contribution >= 0.6 is 11.6 Å². The van der Waals surface area contributed by atoms with Crippen molar-refractivity contribution < 1.29 is 14.3 Å². The monoisotopic (exact) mass is 403 g/mol. The van der Waals surface area contributed by atoms with Gasteiger partial charge in [0.15, 0.2) is 5.75 Å². The Labute approximate surface area is 170 Å². The van der Waals surface area contributed by atoms with Crippen molar-refractivity contribution in [3.8, 4) is 5.75 Å². The molecular formula is C21H26ClN3O3. The van der Waals surface area contributed by atoms with Crippen molar-refractivity contribution in [1.29, 1.82) is 0 Å². The number of nitrogens with zero attached hydrogens (tertiary/aromatic N) is 2. The smallest absolute Gasteiger partial charge is 0.408 e. The van der Waals surface area contributed by atoms with Gasteiger partial charge in [0.25, 0.3) is 0 Å². The second kappa shape index (κ2) is 9.75. The third-order valence-electron chi connectivity index (χ3n) is 4.70. The highest BCUT2D eigenvalue weighted by atomic mass is 35.5. The molecule has 0 saturated carbocycles. The molecule has 2 aromatic rings. The van der Waals surface area contributed by atoms with Gasteiger partial charge in [-0.25, -0.2) is 9.78 Å². The van der Waals surface area contributed by atoms with Gasteiger partial charge in [0.1, 0.15) is 5.82 Å². The number of hydrogen-bond acceptors (Lipinski definition) is 5. The van der Waals surface area contributed by atoms with Crippen molar-refractivity contribution >= 4 is 23.5 Å². The number of carbonyl (C=O) groups is 1. The lowest BCUT2D eigenvalue weighted by Crippen LogP contribution is -2.37. The second-order valence-electron chi connectivity index (χ2n) is 6.59. The van der Waals surface area contributed by atoms with Crippen molar-refractivity contribution in [3.63, 3.8) is 0 Å². The van der Waals surface area contributed by atoms with Gasteiger partial charge in [-0.1, -0.05) is 37.6 Å². The van der Waals surface area contributed by atoms with Crippen LogP contribution in [0.4, 0.5) is 10.6 Å². The Hall–Kier alpha value is -2.31. The Morgan fingerprint density at radius 2 is 1.93 bits per heavy atom. The number of pyridine rings is 1. The zero-order chi connectivity index (χ0) is 19.9. The van der Waals surface area contributed by atoms with Crippen LogP contribution in [0, 0.1) is 0 Å². The summed E-state index contributed by atoms with van der Waals surface area (Å²) in [6.45, 7) is 7.49. The van der Waals surface area contributed by atoms with E-state index < -0.39 is 6.09 Å². The molecule has 0 atom stereocenters. The molecule has 1 amide bonds. The molecule has 1 aliphatic rings. The molecule has 3 rings (SSSR count). The maximum atomic E-state index is 12.4. The summed E-state index contributed by atoms with van der Waals surface area (Å²) in [5, 5.41) is 3.45. The molecule has 1 aromatic heterocycles. The third kappa shape index (κ3) is 5.14. The minimum absolute atomic E-state index is 0.373. The summed E-state index contributed by atoms with van der Waals surface area (Å²) >= 11 is 5.89.